The molecule has 1 fully saturated rings. The predicted molar refractivity (Wildman–Crippen MR) is 203 cm³/mol. The minimum atomic E-state index is -3.36. The molecule has 4 heterocycles. The zero-order chi connectivity index (χ0) is 36.9. The second-order valence-corrected chi connectivity index (χ2v) is 18.4. The molecular weight excluding hydrogens is 688 g/mol. The number of rotatable bonds is 10. The van der Waals surface area contributed by atoms with Crippen LogP contribution in [0.1, 0.15) is 41.6 Å². The van der Waals surface area contributed by atoms with E-state index in [1.165, 1.54) is 4.68 Å². The molecule has 12 heteroatoms. The van der Waals surface area contributed by atoms with Crippen LogP contribution in [0, 0.1) is 5.92 Å². The fraction of sp³-hybridized carbons (Fsp3) is 0.293. The zero-order valence-corrected chi connectivity index (χ0v) is 30.8. The Kier molecular flexibility index (Phi) is 8.92. The van der Waals surface area contributed by atoms with E-state index in [1.807, 2.05) is 110 Å². The number of carbonyl (C=O) groups is 1. The maximum absolute atomic E-state index is 16.4. The number of para-hydroxylation sites is 1. The van der Waals surface area contributed by atoms with Gasteiger partial charge in [-0.3, -0.25) is 14.3 Å². The van der Waals surface area contributed by atoms with Gasteiger partial charge in [-0.25, -0.2) is 0 Å². The zero-order valence-electron chi connectivity index (χ0n) is 29.8. The molecule has 1 N–H and O–H groups in total. The van der Waals surface area contributed by atoms with E-state index in [0.717, 1.165) is 27.8 Å². The van der Waals surface area contributed by atoms with Gasteiger partial charge in [0.2, 0.25) is 8.41 Å². The van der Waals surface area contributed by atoms with Crippen molar-refractivity contribution in [2.24, 2.45) is 5.92 Å². The van der Waals surface area contributed by atoms with E-state index in [0.29, 0.717) is 29.7 Å². The summed E-state index contributed by atoms with van der Waals surface area (Å²) < 4.78 is 26.4. The van der Waals surface area contributed by atoms with Crippen molar-refractivity contribution in [3.8, 4) is 5.69 Å². The van der Waals surface area contributed by atoms with Gasteiger partial charge in [0.15, 0.2) is 5.60 Å². The largest absolute Gasteiger partial charge is 0.395 e. The summed E-state index contributed by atoms with van der Waals surface area (Å²) in [5, 5.41) is 24.6. The molecule has 5 atom stereocenters. The van der Waals surface area contributed by atoms with Crippen molar-refractivity contribution in [3.05, 3.63) is 148 Å². The Balaban J connectivity index is 1.05. The maximum Gasteiger partial charge on any atom is 0.279 e. The van der Waals surface area contributed by atoms with E-state index in [-0.39, 0.29) is 30.5 Å². The van der Waals surface area contributed by atoms with Gasteiger partial charge >= 0.3 is 0 Å². The number of benzene rings is 4. The first-order valence-electron chi connectivity index (χ1n) is 18.0. The summed E-state index contributed by atoms with van der Waals surface area (Å²) in [7, 11) is -3.36. The van der Waals surface area contributed by atoms with Crippen LogP contribution >= 0.6 is 0 Å². The number of aliphatic hydroxyl groups is 1. The number of halogens is 1. The fourth-order valence-electron chi connectivity index (χ4n) is 8.53. The summed E-state index contributed by atoms with van der Waals surface area (Å²) >= 11 is 0. The van der Waals surface area contributed by atoms with Crippen LogP contribution in [0.3, 0.4) is 0 Å². The number of nitrogens with zero attached hydrogens (tertiary/aromatic N) is 6. The summed E-state index contributed by atoms with van der Waals surface area (Å²) in [6.45, 7) is 5.93. The Morgan fingerprint density at radius 3 is 2.42 bits per heavy atom. The molecule has 2 aliphatic rings. The first kappa shape index (κ1) is 34.8. The van der Waals surface area contributed by atoms with E-state index in [1.54, 1.807) is 34.9 Å². The summed E-state index contributed by atoms with van der Waals surface area (Å²) in [6.07, 6.45) is 3.41. The molecule has 270 valence electrons. The molecular formula is C41H41FN6O4Si. The number of aryl methyl sites for hydroxylation is 1. The Morgan fingerprint density at radius 1 is 0.943 bits per heavy atom. The number of aromatic nitrogens is 5. The lowest BCUT2D eigenvalue weighted by Crippen LogP contribution is -2.45. The highest BCUT2D eigenvalue weighted by atomic mass is 28.4. The average molecular weight is 729 g/mol. The number of hydrogen-bond acceptors (Lipinski definition) is 7. The quantitative estimate of drug-likeness (QED) is 0.126. The minimum Gasteiger partial charge on any atom is -0.395 e. The van der Waals surface area contributed by atoms with Crippen molar-refractivity contribution < 1.29 is 18.7 Å². The van der Waals surface area contributed by atoms with Crippen molar-refractivity contribution >= 4 is 30.8 Å². The van der Waals surface area contributed by atoms with Gasteiger partial charge in [0.05, 0.1) is 53.8 Å². The molecule has 1 saturated heterocycles. The van der Waals surface area contributed by atoms with Crippen LogP contribution < -0.4 is 10.5 Å². The summed E-state index contributed by atoms with van der Waals surface area (Å²) in [4.78, 5) is 29.7. The molecule has 1 amide bonds. The average Bonchev–Trinajstić information content (AvgIpc) is 3.82. The normalized spacial score (nSPS) is 21.8. The second kappa shape index (κ2) is 13.6. The number of ether oxygens (including phenoxy) is 1. The molecule has 2 aromatic heterocycles. The van der Waals surface area contributed by atoms with E-state index in [4.69, 9.17) is 4.74 Å². The van der Waals surface area contributed by atoms with Crippen LogP contribution in [0.5, 0.6) is 0 Å². The third-order valence-electron chi connectivity index (χ3n) is 11.0. The van der Waals surface area contributed by atoms with Gasteiger partial charge in [0, 0.05) is 35.2 Å². The lowest BCUT2D eigenvalue weighted by molar-refractivity contribution is -0.146. The molecule has 6 aromatic rings. The van der Waals surface area contributed by atoms with Crippen LogP contribution in [0.4, 0.5) is 9.80 Å². The Morgan fingerprint density at radius 2 is 1.66 bits per heavy atom. The van der Waals surface area contributed by atoms with Crippen LogP contribution in [0.15, 0.2) is 120 Å². The Bertz CT molecular complexity index is 2340. The smallest absolute Gasteiger partial charge is 0.279 e. The van der Waals surface area contributed by atoms with Gasteiger partial charge < -0.3 is 18.9 Å². The molecule has 8 rings (SSSR count). The third-order valence-corrected chi connectivity index (χ3v) is 13.5. The number of aliphatic hydroxyl groups excluding tert-OH is 1. The molecule has 0 radical (unpaired) electrons. The Hall–Kier alpha value is -5.30. The molecule has 53 heavy (non-hydrogen) atoms. The van der Waals surface area contributed by atoms with Gasteiger partial charge in [-0.2, -0.15) is 9.78 Å². The topological polar surface area (TPSA) is 115 Å². The molecule has 1 spiro atoms. The minimum absolute atomic E-state index is 0.109. The van der Waals surface area contributed by atoms with Crippen LogP contribution in [0.25, 0.3) is 16.5 Å². The monoisotopic (exact) mass is 728 g/mol. The van der Waals surface area contributed by atoms with E-state index in [2.05, 4.69) is 15.4 Å². The van der Waals surface area contributed by atoms with Gasteiger partial charge in [-0.15, -0.1) is 5.10 Å². The highest BCUT2D eigenvalue weighted by Gasteiger charge is 2.66. The number of fused-ring (bicyclic) bond motifs is 3. The van der Waals surface area contributed by atoms with Crippen LogP contribution in [-0.2, 0) is 28.2 Å². The molecule has 4 aromatic carbocycles. The molecule has 1 unspecified atom stereocenters. The Labute approximate surface area is 307 Å². The SMILES string of the molecule is C[C@H]1[C@H]([Si](C)(C)F)[C@@H](CCn2cc(C(CO)c3ccccc3)nn2)O[C@]12C(=O)N(Cc1ccc(-n3ncc4ccccc4c3=O)cc1)c1ccccc12. The van der Waals surface area contributed by atoms with E-state index >= 15 is 4.11 Å². The van der Waals surface area contributed by atoms with Crippen molar-refractivity contribution in [1.82, 2.24) is 24.8 Å². The summed E-state index contributed by atoms with van der Waals surface area (Å²) in [5.74, 6) is -0.937. The third kappa shape index (κ3) is 6.00. The molecule has 0 bridgehead atoms. The number of hydrogen-bond donors (Lipinski definition) is 1. The lowest BCUT2D eigenvalue weighted by Gasteiger charge is -2.31. The first-order chi connectivity index (χ1) is 25.6. The van der Waals surface area contributed by atoms with Gasteiger partial charge in [0.1, 0.15) is 0 Å². The molecule has 10 nitrogen and oxygen atoms in total. The maximum atomic E-state index is 16.4. The van der Waals surface area contributed by atoms with Crippen molar-refractivity contribution in [3.63, 3.8) is 0 Å². The van der Waals surface area contributed by atoms with Crippen LogP contribution in [0.2, 0.25) is 18.6 Å². The highest BCUT2D eigenvalue weighted by molar-refractivity contribution is 6.72. The molecule has 0 aliphatic carbocycles. The molecule has 2 aliphatic heterocycles. The van der Waals surface area contributed by atoms with Crippen molar-refractivity contribution in [2.45, 2.75) is 62.7 Å². The number of carbonyl (C=O) groups excluding carboxylic acids is 1. The van der Waals surface area contributed by atoms with Crippen molar-refractivity contribution in [1.29, 1.82) is 0 Å². The fourth-order valence-corrected chi connectivity index (χ4v) is 11.1. The summed E-state index contributed by atoms with van der Waals surface area (Å²) in [5.41, 5.74) is 2.57. The predicted octanol–water partition coefficient (Wildman–Crippen LogP) is 6.51. The van der Waals surface area contributed by atoms with E-state index in [9.17, 15) is 14.7 Å². The van der Waals surface area contributed by atoms with E-state index < -0.39 is 31.6 Å². The van der Waals surface area contributed by atoms with Gasteiger partial charge in [-0.1, -0.05) is 91.0 Å². The van der Waals surface area contributed by atoms with Gasteiger partial charge in [0.25, 0.3) is 11.5 Å². The summed E-state index contributed by atoms with van der Waals surface area (Å²) in [6, 6.07) is 32.1. The molecule has 0 saturated carbocycles. The second-order valence-electron chi connectivity index (χ2n) is 14.6. The number of amides is 1. The standard InChI is InChI=1S/C41H41FN6O4Si/c1-27-38(53(2,3)42)37(21-22-46-25-35(44-45-46)33(26-49)29-11-5-4-6-12-29)52-41(27)34-15-9-10-16-36(34)47(40(41)51)24-28-17-19-31(20-18-28)48-39(50)32-14-8-7-13-30(32)23-43-48/h4-20,23,25,27,33,37-38,49H,21-22,24,26H2,1-3H3/t27-,33?,37+,38-,41+/m0/s1. The van der Waals surface area contributed by atoms with Crippen LogP contribution in [-0.4, -0.2) is 56.9 Å². The first-order valence-corrected chi connectivity index (χ1v) is 21.0. The van der Waals surface area contributed by atoms with Crippen molar-refractivity contribution in [2.75, 3.05) is 11.5 Å². The highest BCUT2D eigenvalue weighted by Crippen LogP contribution is 2.60. The number of anilines is 1. The lowest BCUT2D eigenvalue weighted by atomic mass is 9.82. The van der Waals surface area contributed by atoms with Gasteiger partial charge in [-0.05, 0) is 54.9 Å².